The summed E-state index contributed by atoms with van der Waals surface area (Å²) in [5, 5.41) is 13.3. The van der Waals surface area contributed by atoms with Crippen LogP contribution in [0.2, 0.25) is 0 Å². The molecule has 0 atom stereocenters. The summed E-state index contributed by atoms with van der Waals surface area (Å²) in [4.78, 5) is 22.7. The number of carboxylic acids is 1. The number of nitrogens with zero attached hydrogens (tertiary/aromatic N) is 1. The summed E-state index contributed by atoms with van der Waals surface area (Å²) in [5.41, 5.74) is 1.58. The Labute approximate surface area is 99.1 Å². The predicted molar refractivity (Wildman–Crippen MR) is 58.3 cm³/mol. The quantitative estimate of drug-likeness (QED) is 0.624. The van der Waals surface area contributed by atoms with E-state index in [1.165, 1.54) is 0 Å². The van der Waals surface area contributed by atoms with Gasteiger partial charge in [-0.15, -0.1) is 0 Å². The van der Waals surface area contributed by atoms with Crippen LogP contribution in [0.15, 0.2) is 0 Å². The first-order valence-electron chi connectivity index (χ1n) is 5.77. The van der Waals surface area contributed by atoms with Gasteiger partial charge in [-0.25, -0.2) is 14.6 Å². The molecule has 2 fully saturated rings. The number of urea groups is 1. The van der Waals surface area contributed by atoms with Crippen molar-refractivity contribution in [3.8, 4) is 0 Å². The fourth-order valence-electron chi connectivity index (χ4n) is 1.99. The lowest BCUT2D eigenvalue weighted by Gasteiger charge is -2.39. The van der Waals surface area contributed by atoms with Crippen molar-refractivity contribution < 1.29 is 19.4 Å². The summed E-state index contributed by atoms with van der Waals surface area (Å²) in [5.74, 6) is -0.958. The van der Waals surface area contributed by atoms with Crippen molar-refractivity contribution in [1.29, 1.82) is 0 Å². The van der Waals surface area contributed by atoms with Gasteiger partial charge in [-0.05, 0) is 19.3 Å². The number of hydrogen-bond donors (Lipinski definition) is 3. The fourth-order valence-corrected chi connectivity index (χ4v) is 1.99. The van der Waals surface area contributed by atoms with E-state index in [0.717, 1.165) is 6.42 Å². The Morgan fingerprint density at radius 3 is 2.35 bits per heavy atom. The van der Waals surface area contributed by atoms with E-state index in [0.29, 0.717) is 39.1 Å². The Bertz CT molecular complexity index is 311. The van der Waals surface area contributed by atoms with Crippen LogP contribution in [0.25, 0.3) is 0 Å². The first-order chi connectivity index (χ1) is 8.12. The van der Waals surface area contributed by atoms with Gasteiger partial charge in [-0.2, -0.15) is 0 Å². The molecular formula is C10H17N3O4. The molecule has 0 aromatic rings. The highest BCUT2D eigenvalue weighted by atomic mass is 16.5. The zero-order valence-electron chi connectivity index (χ0n) is 9.57. The molecule has 0 unspecified atom stereocenters. The van der Waals surface area contributed by atoms with Crippen molar-refractivity contribution in [2.24, 2.45) is 0 Å². The van der Waals surface area contributed by atoms with E-state index in [-0.39, 0.29) is 0 Å². The van der Waals surface area contributed by atoms with Crippen molar-refractivity contribution in [3.63, 3.8) is 0 Å². The molecule has 2 amide bonds. The van der Waals surface area contributed by atoms with Gasteiger partial charge in [0.25, 0.3) is 0 Å². The van der Waals surface area contributed by atoms with E-state index in [9.17, 15) is 9.59 Å². The van der Waals surface area contributed by atoms with Crippen LogP contribution in [0.5, 0.6) is 0 Å². The van der Waals surface area contributed by atoms with Crippen LogP contribution >= 0.6 is 0 Å². The topological polar surface area (TPSA) is 90.9 Å². The average Bonchev–Trinajstić information content (AvgIpc) is 2.24. The van der Waals surface area contributed by atoms with Gasteiger partial charge in [0.2, 0.25) is 0 Å². The van der Waals surface area contributed by atoms with Crippen LogP contribution in [0, 0.1) is 0 Å². The molecule has 17 heavy (non-hydrogen) atoms. The fraction of sp³-hybridized carbons (Fsp3) is 0.800. The number of nitrogens with one attached hydrogen (secondary N) is 2. The van der Waals surface area contributed by atoms with Crippen LogP contribution in [-0.4, -0.2) is 54.0 Å². The number of aliphatic carboxylic acids is 1. The summed E-state index contributed by atoms with van der Waals surface area (Å²) in [6, 6.07) is -0.450. The molecule has 2 rings (SSSR count). The van der Waals surface area contributed by atoms with E-state index in [2.05, 4.69) is 10.7 Å². The SMILES string of the molecule is O=C(NN1CCOCC1)NC1(C(=O)O)CCC1. The number of amides is 2. The van der Waals surface area contributed by atoms with Gasteiger partial charge in [0.1, 0.15) is 5.54 Å². The second-order valence-electron chi connectivity index (χ2n) is 4.41. The second kappa shape index (κ2) is 4.89. The maximum Gasteiger partial charge on any atom is 0.330 e. The summed E-state index contributed by atoms with van der Waals surface area (Å²) in [6.07, 6.45) is 1.84. The second-order valence-corrected chi connectivity index (χ2v) is 4.41. The third-order valence-electron chi connectivity index (χ3n) is 3.24. The minimum Gasteiger partial charge on any atom is -0.480 e. The van der Waals surface area contributed by atoms with Crippen molar-refractivity contribution in [1.82, 2.24) is 15.8 Å². The van der Waals surface area contributed by atoms with Gasteiger partial charge in [-0.3, -0.25) is 5.43 Å². The molecule has 2 aliphatic rings. The van der Waals surface area contributed by atoms with E-state index < -0.39 is 17.5 Å². The Balaban J connectivity index is 1.81. The highest BCUT2D eigenvalue weighted by Gasteiger charge is 2.45. The van der Waals surface area contributed by atoms with E-state index in [1.807, 2.05) is 0 Å². The number of carbonyl (C=O) groups excluding carboxylic acids is 1. The number of carboxylic acid groups (broad SMARTS) is 1. The third kappa shape index (κ3) is 2.67. The van der Waals surface area contributed by atoms with Crippen molar-refractivity contribution in [2.45, 2.75) is 24.8 Å². The molecular weight excluding hydrogens is 226 g/mol. The molecule has 0 spiro atoms. The summed E-state index contributed by atoms with van der Waals surface area (Å²) >= 11 is 0. The van der Waals surface area contributed by atoms with Crippen LogP contribution in [0.1, 0.15) is 19.3 Å². The number of ether oxygens (including phenoxy) is 1. The molecule has 1 aliphatic heterocycles. The van der Waals surface area contributed by atoms with Crippen molar-refractivity contribution in [3.05, 3.63) is 0 Å². The minimum atomic E-state index is -1.06. The van der Waals surface area contributed by atoms with Crippen LogP contribution in [0.3, 0.4) is 0 Å². The van der Waals surface area contributed by atoms with Gasteiger partial charge in [0.15, 0.2) is 0 Å². The molecule has 7 heteroatoms. The highest BCUT2D eigenvalue weighted by Crippen LogP contribution is 2.31. The summed E-state index contributed by atoms with van der Waals surface area (Å²) in [6.45, 7) is 2.38. The molecule has 1 aliphatic carbocycles. The molecule has 1 saturated heterocycles. The average molecular weight is 243 g/mol. The zero-order chi connectivity index (χ0) is 12.3. The molecule has 96 valence electrons. The van der Waals surface area contributed by atoms with Crippen LogP contribution in [0.4, 0.5) is 4.79 Å². The molecule has 0 aromatic heterocycles. The lowest BCUT2D eigenvalue weighted by atomic mass is 9.77. The number of carbonyl (C=O) groups is 2. The Morgan fingerprint density at radius 1 is 1.24 bits per heavy atom. The predicted octanol–water partition coefficient (Wildman–Crippen LogP) is -0.460. The maximum absolute atomic E-state index is 11.7. The van der Waals surface area contributed by atoms with Gasteiger partial charge < -0.3 is 15.2 Å². The lowest BCUT2D eigenvalue weighted by Crippen LogP contribution is -2.63. The molecule has 3 N–H and O–H groups in total. The first-order valence-corrected chi connectivity index (χ1v) is 5.77. The van der Waals surface area contributed by atoms with E-state index in [1.54, 1.807) is 5.01 Å². The number of hydrogen-bond acceptors (Lipinski definition) is 4. The van der Waals surface area contributed by atoms with Crippen LogP contribution in [-0.2, 0) is 9.53 Å². The Hall–Kier alpha value is -1.34. The summed E-state index contributed by atoms with van der Waals surface area (Å²) in [7, 11) is 0. The molecule has 0 bridgehead atoms. The van der Waals surface area contributed by atoms with Crippen molar-refractivity contribution in [2.75, 3.05) is 26.3 Å². The number of hydrazine groups is 1. The van der Waals surface area contributed by atoms with E-state index in [4.69, 9.17) is 9.84 Å². The minimum absolute atomic E-state index is 0.450. The standard InChI is InChI=1S/C10H17N3O4/c14-8(15)10(2-1-3-10)11-9(16)12-13-4-6-17-7-5-13/h1-7H2,(H,14,15)(H2,11,12,16). The lowest BCUT2D eigenvalue weighted by molar-refractivity contribution is -0.148. The molecule has 0 radical (unpaired) electrons. The summed E-state index contributed by atoms with van der Waals surface area (Å²) < 4.78 is 5.15. The number of morpholine rings is 1. The van der Waals surface area contributed by atoms with Gasteiger partial charge in [0, 0.05) is 13.1 Å². The Kier molecular flexibility index (Phi) is 3.49. The molecule has 0 aromatic carbocycles. The molecule has 7 nitrogen and oxygen atoms in total. The monoisotopic (exact) mass is 243 g/mol. The molecule has 1 saturated carbocycles. The third-order valence-corrected chi connectivity index (χ3v) is 3.24. The highest BCUT2D eigenvalue weighted by molar-refractivity contribution is 5.86. The smallest absolute Gasteiger partial charge is 0.330 e. The van der Waals surface area contributed by atoms with Gasteiger partial charge in [0.05, 0.1) is 13.2 Å². The number of rotatable bonds is 3. The Morgan fingerprint density at radius 2 is 1.88 bits per heavy atom. The van der Waals surface area contributed by atoms with Crippen LogP contribution < -0.4 is 10.7 Å². The van der Waals surface area contributed by atoms with Gasteiger partial charge in [-0.1, -0.05) is 0 Å². The molecule has 1 heterocycles. The maximum atomic E-state index is 11.7. The zero-order valence-corrected chi connectivity index (χ0v) is 9.57. The first kappa shape index (κ1) is 12.1. The van der Waals surface area contributed by atoms with E-state index >= 15 is 0 Å². The largest absolute Gasteiger partial charge is 0.480 e. The van der Waals surface area contributed by atoms with Gasteiger partial charge >= 0.3 is 12.0 Å². The normalized spacial score (nSPS) is 23.5. The van der Waals surface area contributed by atoms with Crippen molar-refractivity contribution >= 4 is 12.0 Å².